The fraction of sp³-hybridized carbons (Fsp3) is 0.381. The molecule has 140 valence electrons. The minimum atomic E-state index is -0.391. The number of thiophene rings is 1. The Balaban J connectivity index is 1.59. The third-order valence-electron chi connectivity index (χ3n) is 5.10. The van der Waals surface area contributed by atoms with Gasteiger partial charge in [-0.1, -0.05) is 17.7 Å². The van der Waals surface area contributed by atoms with Gasteiger partial charge in [0.1, 0.15) is 17.3 Å². The van der Waals surface area contributed by atoms with Crippen LogP contribution in [-0.2, 0) is 24.2 Å². The molecule has 0 amide bonds. The molecule has 2 heterocycles. The highest BCUT2D eigenvalue weighted by atomic mass is 32.1. The van der Waals surface area contributed by atoms with Gasteiger partial charge in [0, 0.05) is 4.88 Å². The maximum absolute atomic E-state index is 12.6. The average molecular weight is 382 g/mol. The Bertz CT molecular complexity index is 1090. The van der Waals surface area contributed by atoms with E-state index in [2.05, 4.69) is 9.97 Å². The van der Waals surface area contributed by atoms with Crippen LogP contribution < -0.4 is 5.56 Å². The Kier molecular flexibility index (Phi) is 4.60. The number of H-pyrrole nitrogens is 1. The van der Waals surface area contributed by atoms with Crippen LogP contribution in [0.5, 0.6) is 0 Å². The quantitative estimate of drug-likeness (QED) is 0.691. The monoisotopic (exact) mass is 382 g/mol. The number of fused-ring (bicyclic) bond motifs is 3. The summed E-state index contributed by atoms with van der Waals surface area (Å²) in [6.45, 7) is 5.76. The summed E-state index contributed by atoms with van der Waals surface area (Å²) in [6.07, 6.45) is 4.25. The van der Waals surface area contributed by atoms with Gasteiger partial charge in [0.2, 0.25) is 0 Å². The molecule has 0 aliphatic heterocycles. The first-order chi connectivity index (χ1) is 12.9. The number of aromatic amines is 1. The summed E-state index contributed by atoms with van der Waals surface area (Å²) in [4.78, 5) is 34.5. The van der Waals surface area contributed by atoms with Crippen molar-refractivity contribution in [3.63, 3.8) is 0 Å². The number of hydrogen-bond acceptors (Lipinski definition) is 5. The molecule has 27 heavy (non-hydrogen) atoms. The minimum absolute atomic E-state index is 0.0423. The van der Waals surface area contributed by atoms with E-state index in [0.29, 0.717) is 11.4 Å². The van der Waals surface area contributed by atoms with Crippen molar-refractivity contribution in [1.82, 2.24) is 9.97 Å². The molecule has 0 bridgehead atoms. The van der Waals surface area contributed by atoms with Crippen LogP contribution in [0.15, 0.2) is 16.9 Å². The van der Waals surface area contributed by atoms with Crippen molar-refractivity contribution in [2.75, 3.05) is 0 Å². The van der Waals surface area contributed by atoms with E-state index in [1.165, 1.54) is 4.88 Å². The predicted octanol–water partition coefficient (Wildman–Crippen LogP) is 4.15. The highest BCUT2D eigenvalue weighted by Crippen LogP contribution is 2.33. The van der Waals surface area contributed by atoms with Crippen LogP contribution in [0.1, 0.15) is 56.2 Å². The standard InChI is InChI=1S/C21H22N2O3S/c1-11-8-12(2)17(13(3)9-11)21(25)26-10-16-22-19(24)18-14-6-4-5-7-15(14)27-20(18)23-16/h8-9H,4-7,10H2,1-3H3,(H,22,23,24). The lowest BCUT2D eigenvalue weighted by Crippen LogP contribution is -2.16. The van der Waals surface area contributed by atoms with Gasteiger partial charge in [0.25, 0.3) is 5.56 Å². The molecular weight excluding hydrogens is 360 g/mol. The Hall–Kier alpha value is -2.47. The first-order valence-electron chi connectivity index (χ1n) is 9.22. The van der Waals surface area contributed by atoms with E-state index in [1.807, 2.05) is 32.9 Å². The second-order valence-electron chi connectivity index (χ2n) is 7.25. The second-order valence-corrected chi connectivity index (χ2v) is 8.34. The van der Waals surface area contributed by atoms with Gasteiger partial charge >= 0.3 is 5.97 Å². The number of rotatable bonds is 3. The maximum Gasteiger partial charge on any atom is 0.339 e. The number of carbonyl (C=O) groups is 1. The molecule has 5 nitrogen and oxygen atoms in total. The molecular formula is C21H22N2O3S. The highest BCUT2D eigenvalue weighted by Gasteiger charge is 2.20. The van der Waals surface area contributed by atoms with E-state index < -0.39 is 5.97 Å². The Morgan fingerprint density at radius 3 is 2.63 bits per heavy atom. The zero-order chi connectivity index (χ0) is 19.1. The molecule has 0 radical (unpaired) electrons. The van der Waals surface area contributed by atoms with Gasteiger partial charge in [0.05, 0.1) is 10.9 Å². The van der Waals surface area contributed by atoms with Crippen LogP contribution in [0.25, 0.3) is 10.2 Å². The van der Waals surface area contributed by atoms with E-state index in [0.717, 1.165) is 58.2 Å². The summed E-state index contributed by atoms with van der Waals surface area (Å²) in [5.74, 6) is 0.0000784. The topological polar surface area (TPSA) is 72.0 Å². The van der Waals surface area contributed by atoms with E-state index >= 15 is 0 Å². The average Bonchev–Trinajstić information content (AvgIpc) is 2.97. The first kappa shape index (κ1) is 17.9. The zero-order valence-corrected chi connectivity index (χ0v) is 16.6. The van der Waals surface area contributed by atoms with Crippen LogP contribution >= 0.6 is 11.3 Å². The SMILES string of the molecule is Cc1cc(C)c(C(=O)OCc2nc3sc4c(c3c(=O)[nH]2)CCCC4)c(C)c1. The number of esters is 1. The van der Waals surface area contributed by atoms with Crippen LogP contribution in [0.4, 0.5) is 0 Å². The number of hydrogen-bond donors (Lipinski definition) is 1. The Labute approximate surface area is 161 Å². The van der Waals surface area contributed by atoms with Crippen molar-refractivity contribution in [3.8, 4) is 0 Å². The Morgan fingerprint density at radius 1 is 1.19 bits per heavy atom. The normalized spacial score (nSPS) is 13.6. The lowest BCUT2D eigenvalue weighted by Gasteiger charge is -2.11. The molecule has 1 aliphatic carbocycles. The zero-order valence-electron chi connectivity index (χ0n) is 15.8. The van der Waals surface area contributed by atoms with Gasteiger partial charge in [-0.15, -0.1) is 11.3 Å². The third kappa shape index (κ3) is 3.30. The molecule has 0 saturated carbocycles. The molecule has 0 atom stereocenters. The number of aromatic nitrogens is 2. The van der Waals surface area contributed by atoms with Crippen LogP contribution in [0, 0.1) is 20.8 Å². The van der Waals surface area contributed by atoms with Gasteiger partial charge in [-0.25, -0.2) is 9.78 Å². The number of aryl methyl sites for hydroxylation is 5. The van der Waals surface area contributed by atoms with Crippen molar-refractivity contribution in [2.24, 2.45) is 0 Å². The van der Waals surface area contributed by atoms with E-state index in [4.69, 9.17) is 4.74 Å². The molecule has 0 spiro atoms. The second kappa shape index (κ2) is 6.93. The van der Waals surface area contributed by atoms with Crippen molar-refractivity contribution in [3.05, 3.63) is 61.0 Å². The fourth-order valence-electron chi connectivity index (χ4n) is 3.98. The molecule has 0 saturated heterocycles. The highest BCUT2D eigenvalue weighted by molar-refractivity contribution is 7.18. The van der Waals surface area contributed by atoms with Gasteiger partial charge in [-0.2, -0.15) is 0 Å². The summed E-state index contributed by atoms with van der Waals surface area (Å²) >= 11 is 1.59. The van der Waals surface area contributed by atoms with E-state index in [9.17, 15) is 9.59 Å². The lowest BCUT2D eigenvalue weighted by atomic mass is 9.97. The summed E-state index contributed by atoms with van der Waals surface area (Å²) < 4.78 is 5.45. The molecule has 2 aromatic heterocycles. The van der Waals surface area contributed by atoms with Crippen molar-refractivity contribution < 1.29 is 9.53 Å². The first-order valence-corrected chi connectivity index (χ1v) is 10.0. The number of benzene rings is 1. The molecule has 1 N–H and O–H groups in total. The molecule has 0 unspecified atom stereocenters. The summed E-state index contributed by atoms with van der Waals surface area (Å²) in [6, 6.07) is 3.93. The number of nitrogens with one attached hydrogen (secondary N) is 1. The largest absolute Gasteiger partial charge is 0.454 e. The van der Waals surface area contributed by atoms with Crippen molar-refractivity contribution in [1.29, 1.82) is 0 Å². The summed E-state index contributed by atoms with van der Waals surface area (Å²) in [5, 5.41) is 0.718. The van der Waals surface area contributed by atoms with Gasteiger partial charge in [-0.05, 0) is 63.1 Å². The van der Waals surface area contributed by atoms with Gasteiger partial charge in [-0.3, -0.25) is 4.79 Å². The molecule has 6 heteroatoms. The number of ether oxygens (including phenoxy) is 1. The van der Waals surface area contributed by atoms with E-state index in [1.54, 1.807) is 11.3 Å². The van der Waals surface area contributed by atoms with Crippen molar-refractivity contribution in [2.45, 2.75) is 53.1 Å². The molecule has 0 fully saturated rings. The molecule has 4 rings (SSSR count). The smallest absolute Gasteiger partial charge is 0.339 e. The molecule has 3 aromatic rings. The van der Waals surface area contributed by atoms with Crippen molar-refractivity contribution >= 4 is 27.5 Å². The minimum Gasteiger partial charge on any atom is -0.454 e. The fourth-order valence-corrected chi connectivity index (χ4v) is 5.27. The number of carbonyl (C=O) groups excluding carboxylic acids is 1. The predicted molar refractivity (Wildman–Crippen MR) is 107 cm³/mol. The summed E-state index contributed by atoms with van der Waals surface area (Å²) in [7, 11) is 0. The third-order valence-corrected chi connectivity index (χ3v) is 6.28. The Morgan fingerprint density at radius 2 is 1.89 bits per heavy atom. The maximum atomic E-state index is 12.6. The van der Waals surface area contributed by atoms with E-state index in [-0.39, 0.29) is 12.2 Å². The molecule has 1 aromatic carbocycles. The summed E-state index contributed by atoms with van der Waals surface area (Å²) in [5.41, 5.74) is 4.49. The van der Waals surface area contributed by atoms with Gasteiger partial charge in [0.15, 0.2) is 0 Å². The van der Waals surface area contributed by atoms with Crippen LogP contribution in [0.2, 0.25) is 0 Å². The van der Waals surface area contributed by atoms with Crippen LogP contribution in [0.3, 0.4) is 0 Å². The lowest BCUT2D eigenvalue weighted by molar-refractivity contribution is 0.0460. The van der Waals surface area contributed by atoms with Gasteiger partial charge < -0.3 is 9.72 Å². The van der Waals surface area contributed by atoms with Crippen LogP contribution in [-0.4, -0.2) is 15.9 Å². The number of nitrogens with zero attached hydrogens (tertiary/aromatic N) is 1. The molecule has 1 aliphatic rings.